The van der Waals surface area contributed by atoms with Gasteiger partial charge in [-0.1, -0.05) is 6.07 Å². The Bertz CT molecular complexity index is 292. The molecular weight excluding hydrogens is 261 g/mol. The summed E-state index contributed by atoms with van der Waals surface area (Å²) < 4.78 is 1.34. The van der Waals surface area contributed by atoms with Crippen LogP contribution in [-0.4, -0.2) is 6.54 Å². The van der Waals surface area contributed by atoms with Crippen molar-refractivity contribution in [1.82, 2.24) is 5.32 Å². The molecule has 64 valence electrons. The highest BCUT2D eigenvalue weighted by Crippen LogP contribution is 2.26. The van der Waals surface area contributed by atoms with Gasteiger partial charge in [0.1, 0.15) is 0 Å². The third-order valence-electron chi connectivity index (χ3n) is 2.44. The van der Waals surface area contributed by atoms with Gasteiger partial charge in [0.25, 0.3) is 0 Å². The fraction of sp³-hybridized carbons (Fsp3) is 0.400. The summed E-state index contributed by atoms with van der Waals surface area (Å²) in [6.07, 6.45) is 1.29. The van der Waals surface area contributed by atoms with Gasteiger partial charge in [0.15, 0.2) is 0 Å². The number of hydrogen-bond donors (Lipinski definition) is 1. The Balaban J connectivity index is 2.34. The summed E-state index contributed by atoms with van der Waals surface area (Å²) in [4.78, 5) is 0. The van der Waals surface area contributed by atoms with Crippen LogP contribution in [0.5, 0.6) is 0 Å². The first-order valence-electron chi connectivity index (χ1n) is 4.27. The summed E-state index contributed by atoms with van der Waals surface area (Å²) in [5.74, 6) is 0. The monoisotopic (exact) mass is 273 g/mol. The maximum atomic E-state index is 3.43. The van der Waals surface area contributed by atoms with Crippen LogP contribution in [0.15, 0.2) is 18.2 Å². The summed E-state index contributed by atoms with van der Waals surface area (Å²) >= 11 is 2.37. The summed E-state index contributed by atoms with van der Waals surface area (Å²) in [6, 6.07) is 7.28. The van der Waals surface area contributed by atoms with Crippen LogP contribution in [0.4, 0.5) is 0 Å². The molecule has 1 aliphatic heterocycles. The van der Waals surface area contributed by atoms with Crippen molar-refractivity contribution in [2.45, 2.75) is 19.4 Å². The van der Waals surface area contributed by atoms with E-state index in [1.807, 2.05) is 0 Å². The summed E-state index contributed by atoms with van der Waals surface area (Å²) in [5, 5.41) is 3.43. The zero-order valence-electron chi connectivity index (χ0n) is 7.10. The minimum Gasteiger partial charge on any atom is -0.310 e. The Labute approximate surface area is 86.7 Å². The Morgan fingerprint density at radius 1 is 1.50 bits per heavy atom. The molecule has 1 heterocycles. The second kappa shape index (κ2) is 3.34. The molecule has 1 aromatic rings. The first-order valence-corrected chi connectivity index (χ1v) is 5.34. The number of aryl methyl sites for hydroxylation is 1. The lowest BCUT2D eigenvalue weighted by Crippen LogP contribution is -2.35. The average Bonchev–Trinajstić information content (AvgIpc) is 1.93. The lowest BCUT2D eigenvalue weighted by atomic mass is 9.94. The molecule has 1 nitrogen and oxygen atoms in total. The fourth-order valence-corrected chi connectivity index (χ4v) is 2.06. The van der Waals surface area contributed by atoms with Crippen molar-refractivity contribution in [3.05, 3.63) is 32.9 Å². The Morgan fingerprint density at radius 3 is 2.83 bits per heavy atom. The molecule has 1 fully saturated rings. The van der Waals surface area contributed by atoms with Crippen molar-refractivity contribution in [2.75, 3.05) is 6.54 Å². The van der Waals surface area contributed by atoms with Crippen LogP contribution in [-0.2, 0) is 0 Å². The largest absolute Gasteiger partial charge is 0.310 e. The molecule has 1 atom stereocenters. The van der Waals surface area contributed by atoms with Gasteiger partial charge in [0.05, 0.1) is 0 Å². The highest BCUT2D eigenvalue weighted by Gasteiger charge is 2.19. The number of hydrogen-bond acceptors (Lipinski definition) is 1. The topological polar surface area (TPSA) is 12.0 Å². The van der Waals surface area contributed by atoms with Crippen LogP contribution >= 0.6 is 22.6 Å². The minimum atomic E-state index is 0.625. The van der Waals surface area contributed by atoms with E-state index in [1.165, 1.54) is 27.7 Å². The van der Waals surface area contributed by atoms with Crippen molar-refractivity contribution in [3.63, 3.8) is 0 Å². The Kier molecular flexibility index (Phi) is 2.37. The molecule has 0 radical (unpaired) electrons. The highest BCUT2D eigenvalue weighted by molar-refractivity contribution is 14.1. The van der Waals surface area contributed by atoms with Crippen LogP contribution in [0.2, 0.25) is 0 Å². The van der Waals surface area contributed by atoms with Crippen molar-refractivity contribution in [2.24, 2.45) is 0 Å². The SMILES string of the molecule is Cc1ccc(I)cc1[C@H]1CCN1. The summed E-state index contributed by atoms with van der Waals surface area (Å²) in [5.41, 5.74) is 2.89. The molecule has 2 heteroatoms. The average molecular weight is 273 g/mol. The van der Waals surface area contributed by atoms with Crippen LogP contribution in [0.1, 0.15) is 23.6 Å². The molecule has 1 N–H and O–H groups in total. The van der Waals surface area contributed by atoms with E-state index in [0.29, 0.717) is 6.04 Å². The molecule has 0 aromatic heterocycles. The normalized spacial score (nSPS) is 22.0. The van der Waals surface area contributed by atoms with Gasteiger partial charge in [0, 0.05) is 9.61 Å². The third-order valence-corrected chi connectivity index (χ3v) is 3.11. The Hall–Kier alpha value is -0.0900. The quantitative estimate of drug-likeness (QED) is 0.776. The summed E-state index contributed by atoms with van der Waals surface area (Å²) in [7, 11) is 0. The maximum Gasteiger partial charge on any atom is 0.0335 e. The second-order valence-electron chi connectivity index (χ2n) is 3.30. The molecule has 0 saturated carbocycles. The molecule has 1 saturated heterocycles. The zero-order chi connectivity index (χ0) is 8.55. The smallest absolute Gasteiger partial charge is 0.0335 e. The first-order chi connectivity index (χ1) is 5.77. The molecule has 1 aromatic carbocycles. The zero-order valence-corrected chi connectivity index (χ0v) is 9.26. The molecule has 12 heavy (non-hydrogen) atoms. The molecule has 0 unspecified atom stereocenters. The van der Waals surface area contributed by atoms with E-state index in [-0.39, 0.29) is 0 Å². The van der Waals surface area contributed by atoms with Crippen molar-refractivity contribution in [1.29, 1.82) is 0 Å². The molecule has 0 amide bonds. The maximum absolute atomic E-state index is 3.43. The summed E-state index contributed by atoms with van der Waals surface area (Å²) in [6.45, 7) is 3.36. The minimum absolute atomic E-state index is 0.625. The van der Waals surface area contributed by atoms with Crippen LogP contribution in [0, 0.1) is 10.5 Å². The van der Waals surface area contributed by atoms with Gasteiger partial charge < -0.3 is 5.32 Å². The van der Waals surface area contributed by atoms with E-state index < -0.39 is 0 Å². The lowest BCUT2D eigenvalue weighted by Gasteiger charge is -2.29. The number of rotatable bonds is 1. The molecular formula is C10H12IN. The van der Waals surface area contributed by atoms with Gasteiger partial charge in [-0.05, 0) is 65.7 Å². The van der Waals surface area contributed by atoms with E-state index >= 15 is 0 Å². The number of halogens is 1. The van der Waals surface area contributed by atoms with Crippen molar-refractivity contribution < 1.29 is 0 Å². The van der Waals surface area contributed by atoms with Crippen LogP contribution in [0.25, 0.3) is 0 Å². The van der Waals surface area contributed by atoms with E-state index in [2.05, 4.69) is 53.0 Å². The van der Waals surface area contributed by atoms with E-state index in [4.69, 9.17) is 0 Å². The van der Waals surface area contributed by atoms with Crippen molar-refractivity contribution >= 4 is 22.6 Å². The van der Waals surface area contributed by atoms with E-state index in [0.717, 1.165) is 0 Å². The predicted molar refractivity (Wildman–Crippen MR) is 59.3 cm³/mol. The molecule has 0 aliphatic carbocycles. The van der Waals surface area contributed by atoms with Gasteiger partial charge >= 0.3 is 0 Å². The Morgan fingerprint density at radius 2 is 2.25 bits per heavy atom. The third kappa shape index (κ3) is 1.50. The molecule has 2 rings (SSSR count). The van der Waals surface area contributed by atoms with Gasteiger partial charge in [-0.3, -0.25) is 0 Å². The van der Waals surface area contributed by atoms with Gasteiger partial charge in [-0.25, -0.2) is 0 Å². The highest BCUT2D eigenvalue weighted by atomic mass is 127. The van der Waals surface area contributed by atoms with E-state index in [9.17, 15) is 0 Å². The molecule has 1 aliphatic rings. The van der Waals surface area contributed by atoms with Gasteiger partial charge in [0.2, 0.25) is 0 Å². The predicted octanol–water partition coefficient (Wildman–Crippen LogP) is 2.63. The van der Waals surface area contributed by atoms with Crippen molar-refractivity contribution in [3.8, 4) is 0 Å². The van der Waals surface area contributed by atoms with Gasteiger partial charge in [-0.2, -0.15) is 0 Å². The van der Waals surface area contributed by atoms with E-state index in [1.54, 1.807) is 0 Å². The lowest BCUT2D eigenvalue weighted by molar-refractivity contribution is 0.382. The number of nitrogens with one attached hydrogen (secondary N) is 1. The van der Waals surface area contributed by atoms with Crippen LogP contribution in [0.3, 0.4) is 0 Å². The second-order valence-corrected chi connectivity index (χ2v) is 4.54. The standard InChI is InChI=1S/C10H12IN/c1-7-2-3-8(11)6-9(7)10-4-5-12-10/h2-3,6,10,12H,4-5H2,1H3/t10-/m1/s1. The molecule has 0 bridgehead atoms. The number of benzene rings is 1. The van der Waals surface area contributed by atoms with Crippen LogP contribution < -0.4 is 5.32 Å². The van der Waals surface area contributed by atoms with Gasteiger partial charge in [-0.15, -0.1) is 0 Å². The molecule has 0 spiro atoms. The first kappa shape index (κ1) is 8.51. The fourth-order valence-electron chi connectivity index (χ4n) is 1.54.